The van der Waals surface area contributed by atoms with Crippen molar-refractivity contribution in [1.29, 1.82) is 0 Å². The Morgan fingerprint density at radius 2 is 1.62 bits per heavy atom. The van der Waals surface area contributed by atoms with Crippen molar-refractivity contribution in [3.63, 3.8) is 0 Å². The van der Waals surface area contributed by atoms with E-state index in [0.717, 1.165) is 22.4 Å². The molecule has 0 bridgehead atoms. The Labute approximate surface area is 232 Å². The van der Waals surface area contributed by atoms with Gasteiger partial charge in [0.1, 0.15) is 24.8 Å². The van der Waals surface area contributed by atoms with Crippen LogP contribution in [-0.2, 0) is 16.8 Å². The average Bonchev–Trinajstić information content (AvgIpc) is 3.16. The maximum Gasteiger partial charge on any atom is 0.293 e. The predicted octanol–water partition coefficient (Wildman–Crippen LogP) is 7.22. The molecule has 39 heavy (non-hydrogen) atoms. The van der Waals surface area contributed by atoms with Crippen LogP contribution in [0.3, 0.4) is 0 Å². The number of imide groups is 1. The second-order valence-corrected chi connectivity index (χ2v) is 11.0. The van der Waals surface area contributed by atoms with Crippen molar-refractivity contribution in [2.45, 2.75) is 39.7 Å². The van der Waals surface area contributed by atoms with Gasteiger partial charge < -0.3 is 14.2 Å². The van der Waals surface area contributed by atoms with E-state index < -0.39 is 17.0 Å². The molecule has 0 aromatic heterocycles. The van der Waals surface area contributed by atoms with Gasteiger partial charge in [-0.25, -0.2) is 4.39 Å². The maximum absolute atomic E-state index is 14.0. The molecule has 0 saturated carbocycles. The molecule has 0 N–H and O–H groups in total. The van der Waals surface area contributed by atoms with Crippen LogP contribution in [0.4, 0.5) is 9.18 Å². The second kappa shape index (κ2) is 12.4. The number of hydrogen-bond donors (Lipinski definition) is 0. The van der Waals surface area contributed by atoms with E-state index in [1.165, 1.54) is 11.6 Å². The van der Waals surface area contributed by atoms with E-state index in [4.69, 9.17) is 14.2 Å². The molecule has 6 nitrogen and oxygen atoms in total. The lowest BCUT2D eigenvalue weighted by molar-refractivity contribution is -0.123. The number of benzene rings is 3. The minimum absolute atomic E-state index is 0.0830. The zero-order valence-electron chi connectivity index (χ0n) is 22.5. The Morgan fingerprint density at radius 3 is 2.31 bits per heavy atom. The SMILES string of the molecule is CCOc1cc(/C=C2\SC(=O)N(Cc3ccccc3F)C2=O)ccc1OCCOc1ccc(C(C)(C)C)cc1. The molecule has 0 radical (unpaired) electrons. The summed E-state index contributed by atoms with van der Waals surface area (Å²) in [5.74, 6) is 0.927. The highest BCUT2D eigenvalue weighted by Gasteiger charge is 2.35. The lowest BCUT2D eigenvalue weighted by Crippen LogP contribution is -2.27. The molecule has 0 spiro atoms. The molecular formula is C31H32FNO5S. The molecule has 3 aromatic carbocycles. The van der Waals surface area contributed by atoms with E-state index in [9.17, 15) is 14.0 Å². The van der Waals surface area contributed by atoms with Gasteiger partial charge in [0, 0.05) is 5.56 Å². The van der Waals surface area contributed by atoms with Gasteiger partial charge in [0.15, 0.2) is 11.5 Å². The molecule has 2 amide bonds. The first-order chi connectivity index (χ1) is 18.7. The molecular weight excluding hydrogens is 517 g/mol. The van der Waals surface area contributed by atoms with E-state index in [1.54, 1.807) is 42.5 Å². The third-order valence-corrected chi connectivity index (χ3v) is 6.96. The number of amides is 2. The summed E-state index contributed by atoms with van der Waals surface area (Å²) >= 11 is 0.829. The van der Waals surface area contributed by atoms with Gasteiger partial charge in [0.05, 0.1) is 18.1 Å². The number of nitrogens with zero attached hydrogens (tertiary/aromatic N) is 1. The average molecular weight is 550 g/mol. The number of carbonyl (C=O) groups excluding carboxylic acids is 2. The lowest BCUT2D eigenvalue weighted by Gasteiger charge is -2.19. The molecule has 0 atom stereocenters. The maximum atomic E-state index is 14.0. The summed E-state index contributed by atoms with van der Waals surface area (Å²) in [6.07, 6.45) is 1.63. The standard InChI is InChI=1S/C31H32FNO5S/c1-5-36-27-18-21(19-28-29(34)33(30(35)39-28)20-22-8-6-7-9-25(22)32)10-15-26(27)38-17-16-37-24-13-11-23(12-14-24)31(2,3)4/h6-15,18-19H,5,16-17,20H2,1-4H3/b28-19-. The molecule has 4 rings (SSSR count). The molecule has 0 unspecified atom stereocenters. The highest BCUT2D eigenvalue weighted by molar-refractivity contribution is 8.18. The number of rotatable bonds is 10. The van der Waals surface area contributed by atoms with E-state index in [0.29, 0.717) is 36.9 Å². The van der Waals surface area contributed by atoms with Crippen LogP contribution in [0.1, 0.15) is 44.4 Å². The van der Waals surface area contributed by atoms with Crippen LogP contribution >= 0.6 is 11.8 Å². The number of hydrogen-bond acceptors (Lipinski definition) is 6. The fourth-order valence-electron chi connectivity index (χ4n) is 3.95. The summed E-state index contributed by atoms with van der Waals surface area (Å²) in [5.41, 5.74) is 2.28. The van der Waals surface area contributed by atoms with Crippen LogP contribution in [0.15, 0.2) is 71.6 Å². The van der Waals surface area contributed by atoms with Crippen molar-refractivity contribution >= 4 is 29.0 Å². The van der Waals surface area contributed by atoms with Crippen LogP contribution in [0, 0.1) is 5.82 Å². The molecule has 1 heterocycles. The van der Waals surface area contributed by atoms with Crippen molar-refractivity contribution in [2.75, 3.05) is 19.8 Å². The first kappa shape index (κ1) is 28.2. The molecule has 0 aliphatic carbocycles. The zero-order chi connectivity index (χ0) is 28.0. The normalized spacial score (nSPS) is 14.7. The largest absolute Gasteiger partial charge is 0.490 e. The molecule has 1 fully saturated rings. The second-order valence-electron chi connectivity index (χ2n) is 9.97. The smallest absolute Gasteiger partial charge is 0.293 e. The molecule has 8 heteroatoms. The van der Waals surface area contributed by atoms with Gasteiger partial charge >= 0.3 is 0 Å². The van der Waals surface area contributed by atoms with Crippen LogP contribution in [0.25, 0.3) is 6.08 Å². The van der Waals surface area contributed by atoms with Crippen molar-refractivity contribution in [3.05, 3.63) is 94.1 Å². The summed E-state index contributed by atoms with van der Waals surface area (Å²) in [7, 11) is 0. The Hall–Kier alpha value is -3.78. The minimum Gasteiger partial charge on any atom is -0.490 e. The van der Waals surface area contributed by atoms with Gasteiger partial charge in [-0.2, -0.15) is 0 Å². The van der Waals surface area contributed by atoms with Crippen LogP contribution < -0.4 is 14.2 Å². The lowest BCUT2D eigenvalue weighted by atomic mass is 9.87. The summed E-state index contributed by atoms with van der Waals surface area (Å²) in [6.45, 7) is 9.36. The minimum atomic E-state index is -0.459. The Balaban J connectivity index is 1.38. The number of ether oxygens (including phenoxy) is 3. The third kappa shape index (κ3) is 7.20. The van der Waals surface area contributed by atoms with E-state index in [2.05, 4.69) is 32.9 Å². The van der Waals surface area contributed by atoms with E-state index in [1.807, 2.05) is 19.1 Å². The molecule has 1 aliphatic rings. The van der Waals surface area contributed by atoms with Gasteiger partial charge in [-0.1, -0.05) is 57.2 Å². The fraction of sp³-hybridized carbons (Fsp3) is 0.290. The number of halogens is 1. The van der Waals surface area contributed by atoms with Gasteiger partial charge in [0.2, 0.25) is 0 Å². The van der Waals surface area contributed by atoms with Crippen LogP contribution in [-0.4, -0.2) is 35.9 Å². The van der Waals surface area contributed by atoms with Crippen LogP contribution in [0.5, 0.6) is 17.2 Å². The van der Waals surface area contributed by atoms with Crippen molar-refractivity contribution in [1.82, 2.24) is 4.90 Å². The van der Waals surface area contributed by atoms with Crippen molar-refractivity contribution in [3.8, 4) is 17.2 Å². The van der Waals surface area contributed by atoms with Gasteiger partial charge in [-0.3, -0.25) is 14.5 Å². The molecule has 1 aliphatic heterocycles. The Bertz CT molecular complexity index is 1360. The molecule has 204 valence electrons. The number of thioether (sulfide) groups is 1. The van der Waals surface area contributed by atoms with Gasteiger partial charge in [-0.05, 0) is 71.6 Å². The summed E-state index contributed by atoms with van der Waals surface area (Å²) < 4.78 is 31.5. The fourth-order valence-corrected chi connectivity index (χ4v) is 4.79. The topological polar surface area (TPSA) is 65.1 Å². The first-order valence-electron chi connectivity index (χ1n) is 12.8. The monoisotopic (exact) mass is 549 g/mol. The summed E-state index contributed by atoms with van der Waals surface area (Å²) in [6, 6.07) is 19.5. The summed E-state index contributed by atoms with van der Waals surface area (Å²) in [5, 5.41) is -0.437. The highest BCUT2D eigenvalue weighted by atomic mass is 32.2. The quantitative estimate of drug-likeness (QED) is 0.197. The molecule has 1 saturated heterocycles. The van der Waals surface area contributed by atoms with Gasteiger partial charge in [0.25, 0.3) is 11.1 Å². The van der Waals surface area contributed by atoms with Gasteiger partial charge in [-0.15, -0.1) is 0 Å². The van der Waals surface area contributed by atoms with E-state index >= 15 is 0 Å². The predicted molar refractivity (Wildman–Crippen MR) is 152 cm³/mol. The Kier molecular flexibility index (Phi) is 8.97. The summed E-state index contributed by atoms with van der Waals surface area (Å²) in [4.78, 5) is 26.7. The van der Waals surface area contributed by atoms with Crippen molar-refractivity contribution in [2.24, 2.45) is 0 Å². The first-order valence-corrected chi connectivity index (χ1v) is 13.6. The van der Waals surface area contributed by atoms with Crippen LogP contribution in [0.2, 0.25) is 0 Å². The zero-order valence-corrected chi connectivity index (χ0v) is 23.3. The third-order valence-electron chi connectivity index (χ3n) is 6.06. The van der Waals surface area contributed by atoms with E-state index in [-0.39, 0.29) is 22.4 Å². The number of carbonyl (C=O) groups is 2. The van der Waals surface area contributed by atoms with Crippen molar-refractivity contribution < 1.29 is 28.2 Å². The highest BCUT2D eigenvalue weighted by Crippen LogP contribution is 2.35. The Morgan fingerprint density at radius 1 is 0.897 bits per heavy atom. The molecule has 3 aromatic rings.